The molecule has 1 fully saturated rings. The van der Waals surface area contributed by atoms with Crippen molar-refractivity contribution < 1.29 is 9.47 Å². The molecule has 0 aromatic rings. The van der Waals surface area contributed by atoms with Gasteiger partial charge < -0.3 is 14.8 Å². The maximum absolute atomic E-state index is 6.29. The summed E-state index contributed by atoms with van der Waals surface area (Å²) >= 11 is 0. The van der Waals surface area contributed by atoms with E-state index in [4.69, 9.17) is 9.47 Å². The van der Waals surface area contributed by atoms with E-state index in [2.05, 4.69) is 40.1 Å². The molecule has 0 heterocycles. The summed E-state index contributed by atoms with van der Waals surface area (Å²) < 4.78 is 11.9. The standard InChI is InChI=1S/C17H35NO2/c1-7-20-17(11-8-9-14(2)13-17)15(18-5)10-12-16(3,4)19-6/h14-15,18H,7-13H2,1-6H3. The fourth-order valence-corrected chi connectivity index (χ4v) is 3.64. The van der Waals surface area contributed by atoms with Crippen LogP contribution in [0.1, 0.15) is 66.2 Å². The molecule has 0 saturated heterocycles. The molecule has 0 aromatic heterocycles. The van der Waals surface area contributed by atoms with E-state index in [1.165, 1.54) is 25.7 Å². The van der Waals surface area contributed by atoms with Crippen molar-refractivity contribution in [3.05, 3.63) is 0 Å². The Morgan fingerprint density at radius 3 is 2.60 bits per heavy atom. The minimum atomic E-state index is -0.0528. The van der Waals surface area contributed by atoms with Gasteiger partial charge in [-0.1, -0.05) is 19.8 Å². The average molecular weight is 285 g/mol. The molecule has 1 rings (SSSR count). The van der Waals surface area contributed by atoms with Crippen molar-refractivity contribution in [1.29, 1.82) is 0 Å². The zero-order chi connectivity index (χ0) is 15.2. The second-order valence-electron chi connectivity index (χ2n) is 7.04. The van der Waals surface area contributed by atoms with Crippen molar-refractivity contribution in [3.63, 3.8) is 0 Å². The summed E-state index contributed by atoms with van der Waals surface area (Å²) in [5.41, 5.74) is -0.0340. The van der Waals surface area contributed by atoms with Crippen molar-refractivity contribution in [2.75, 3.05) is 20.8 Å². The first kappa shape index (κ1) is 17.9. The van der Waals surface area contributed by atoms with Gasteiger partial charge in [-0.05, 0) is 59.4 Å². The van der Waals surface area contributed by atoms with E-state index in [9.17, 15) is 0 Å². The van der Waals surface area contributed by atoms with E-state index in [0.717, 1.165) is 25.4 Å². The third kappa shape index (κ3) is 4.71. The third-order valence-electron chi connectivity index (χ3n) is 4.99. The van der Waals surface area contributed by atoms with Gasteiger partial charge in [0.2, 0.25) is 0 Å². The molecule has 0 spiro atoms. The third-order valence-corrected chi connectivity index (χ3v) is 4.99. The predicted molar refractivity (Wildman–Crippen MR) is 85.2 cm³/mol. The lowest BCUT2D eigenvalue weighted by Gasteiger charge is -2.46. The Bertz CT molecular complexity index is 276. The van der Waals surface area contributed by atoms with Gasteiger partial charge >= 0.3 is 0 Å². The first-order chi connectivity index (χ1) is 9.39. The van der Waals surface area contributed by atoms with Crippen LogP contribution >= 0.6 is 0 Å². The smallest absolute Gasteiger partial charge is 0.0837 e. The van der Waals surface area contributed by atoms with Gasteiger partial charge in [0, 0.05) is 19.8 Å². The van der Waals surface area contributed by atoms with E-state index < -0.39 is 0 Å². The molecule has 1 aliphatic carbocycles. The average Bonchev–Trinajstić information content (AvgIpc) is 2.39. The van der Waals surface area contributed by atoms with E-state index >= 15 is 0 Å². The molecule has 0 amide bonds. The molecule has 1 saturated carbocycles. The zero-order valence-corrected chi connectivity index (χ0v) is 14.4. The monoisotopic (exact) mass is 285 g/mol. The fraction of sp³-hybridized carbons (Fsp3) is 1.00. The molecule has 120 valence electrons. The maximum Gasteiger partial charge on any atom is 0.0837 e. The molecular formula is C17H35NO2. The Morgan fingerprint density at radius 1 is 1.40 bits per heavy atom. The molecule has 0 aliphatic heterocycles. The Kier molecular flexibility index (Phi) is 6.96. The quantitative estimate of drug-likeness (QED) is 0.736. The number of nitrogens with one attached hydrogen (secondary N) is 1. The maximum atomic E-state index is 6.29. The van der Waals surface area contributed by atoms with Gasteiger partial charge in [0.05, 0.1) is 11.2 Å². The van der Waals surface area contributed by atoms with Gasteiger partial charge in [-0.3, -0.25) is 0 Å². The first-order valence-electron chi connectivity index (χ1n) is 8.25. The van der Waals surface area contributed by atoms with Gasteiger partial charge in [-0.15, -0.1) is 0 Å². The number of rotatable bonds is 8. The van der Waals surface area contributed by atoms with Crippen LogP contribution in [0.2, 0.25) is 0 Å². The summed E-state index contributed by atoms with van der Waals surface area (Å²) in [4.78, 5) is 0. The molecule has 3 heteroatoms. The van der Waals surface area contributed by atoms with Crippen LogP contribution in [0.15, 0.2) is 0 Å². The molecular weight excluding hydrogens is 250 g/mol. The summed E-state index contributed by atoms with van der Waals surface area (Å²) in [6.07, 6.45) is 7.15. The second-order valence-corrected chi connectivity index (χ2v) is 7.04. The van der Waals surface area contributed by atoms with Gasteiger partial charge in [0.1, 0.15) is 0 Å². The molecule has 3 atom stereocenters. The van der Waals surface area contributed by atoms with Gasteiger partial charge in [0.25, 0.3) is 0 Å². The van der Waals surface area contributed by atoms with Crippen LogP contribution < -0.4 is 5.32 Å². The Hall–Kier alpha value is -0.120. The Labute approximate surface area is 125 Å². The molecule has 1 aliphatic rings. The van der Waals surface area contributed by atoms with Crippen LogP contribution in [0, 0.1) is 5.92 Å². The highest BCUT2D eigenvalue weighted by Gasteiger charge is 2.42. The lowest BCUT2D eigenvalue weighted by molar-refractivity contribution is -0.104. The Morgan fingerprint density at radius 2 is 2.10 bits per heavy atom. The van der Waals surface area contributed by atoms with Gasteiger partial charge in [-0.2, -0.15) is 0 Å². The summed E-state index contributed by atoms with van der Waals surface area (Å²) in [7, 11) is 3.87. The van der Waals surface area contributed by atoms with Crippen molar-refractivity contribution in [2.24, 2.45) is 5.92 Å². The first-order valence-corrected chi connectivity index (χ1v) is 8.25. The van der Waals surface area contributed by atoms with Crippen molar-refractivity contribution in [2.45, 2.75) is 83.5 Å². The highest BCUT2D eigenvalue weighted by molar-refractivity contribution is 4.97. The minimum absolute atomic E-state index is 0.0188. The zero-order valence-electron chi connectivity index (χ0n) is 14.4. The number of hydrogen-bond donors (Lipinski definition) is 1. The van der Waals surface area contributed by atoms with Crippen LogP contribution in [0.5, 0.6) is 0 Å². The fourth-order valence-electron chi connectivity index (χ4n) is 3.64. The van der Waals surface area contributed by atoms with E-state index in [1.54, 1.807) is 7.11 Å². The number of ether oxygens (including phenoxy) is 2. The number of likely N-dealkylation sites (N-methyl/N-ethyl adjacent to an activating group) is 1. The molecule has 3 nitrogen and oxygen atoms in total. The predicted octanol–water partition coefficient (Wildman–Crippen LogP) is 3.77. The molecule has 20 heavy (non-hydrogen) atoms. The normalized spacial score (nSPS) is 29.4. The lowest BCUT2D eigenvalue weighted by atomic mass is 9.73. The van der Waals surface area contributed by atoms with E-state index in [0.29, 0.717) is 6.04 Å². The molecule has 0 bridgehead atoms. The number of hydrogen-bond acceptors (Lipinski definition) is 3. The minimum Gasteiger partial charge on any atom is -0.379 e. The van der Waals surface area contributed by atoms with Gasteiger partial charge in [0.15, 0.2) is 0 Å². The van der Waals surface area contributed by atoms with E-state index in [1.807, 2.05) is 0 Å². The van der Waals surface area contributed by atoms with Crippen molar-refractivity contribution in [3.8, 4) is 0 Å². The lowest BCUT2D eigenvalue weighted by Crippen LogP contribution is -2.54. The van der Waals surface area contributed by atoms with Crippen LogP contribution in [0.4, 0.5) is 0 Å². The Balaban J connectivity index is 2.75. The number of methoxy groups -OCH3 is 1. The van der Waals surface area contributed by atoms with Crippen LogP contribution in [-0.4, -0.2) is 38.0 Å². The summed E-state index contributed by atoms with van der Waals surface area (Å²) in [5, 5.41) is 3.53. The van der Waals surface area contributed by atoms with Crippen LogP contribution in [0.3, 0.4) is 0 Å². The molecule has 0 aromatic carbocycles. The SMILES string of the molecule is CCOC1(C(CCC(C)(C)OC)NC)CCCC(C)C1. The largest absolute Gasteiger partial charge is 0.379 e. The summed E-state index contributed by atoms with van der Waals surface area (Å²) in [6, 6.07) is 0.416. The van der Waals surface area contributed by atoms with Crippen molar-refractivity contribution in [1.82, 2.24) is 5.32 Å². The molecule has 3 unspecified atom stereocenters. The molecule has 0 radical (unpaired) electrons. The van der Waals surface area contributed by atoms with Crippen LogP contribution in [0.25, 0.3) is 0 Å². The van der Waals surface area contributed by atoms with E-state index in [-0.39, 0.29) is 11.2 Å². The summed E-state index contributed by atoms with van der Waals surface area (Å²) in [5.74, 6) is 0.765. The topological polar surface area (TPSA) is 30.5 Å². The molecule has 1 N–H and O–H groups in total. The highest BCUT2D eigenvalue weighted by Crippen LogP contribution is 2.39. The summed E-state index contributed by atoms with van der Waals surface area (Å²) in [6.45, 7) is 9.61. The van der Waals surface area contributed by atoms with Gasteiger partial charge in [-0.25, -0.2) is 0 Å². The highest BCUT2D eigenvalue weighted by atomic mass is 16.5. The van der Waals surface area contributed by atoms with Crippen molar-refractivity contribution >= 4 is 0 Å². The van der Waals surface area contributed by atoms with Crippen LogP contribution in [-0.2, 0) is 9.47 Å². The second kappa shape index (κ2) is 7.77.